The SMILES string of the molecule is CC(C)C(=O)OC(C)C(C)(C)C(OC(=O)C(C)C)C(C)C. The third-order valence-electron chi connectivity index (χ3n) is 3.87. The first-order valence-electron chi connectivity index (χ1n) is 7.82. The highest BCUT2D eigenvalue weighted by atomic mass is 16.6. The molecule has 2 unspecified atom stereocenters. The maximum atomic E-state index is 11.9. The van der Waals surface area contributed by atoms with Gasteiger partial charge in [0.25, 0.3) is 0 Å². The second kappa shape index (κ2) is 7.81. The predicted octanol–water partition coefficient (Wildman–Crippen LogP) is 3.82. The zero-order chi connectivity index (χ0) is 17.0. The van der Waals surface area contributed by atoms with E-state index in [0.29, 0.717) is 0 Å². The van der Waals surface area contributed by atoms with Crippen molar-refractivity contribution in [2.24, 2.45) is 23.2 Å². The lowest BCUT2D eigenvalue weighted by atomic mass is 9.76. The van der Waals surface area contributed by atoms with Crippen molar-refractivity contribution < 1.29 is 19.1 Å². The fraction of sp³-hybridized carbons (Fsp3) is 0.882. The van der Waals surface area contributed by atoms with Crippen molar-refractivity contribution in [2.45, 2.75) is 74.5 Å². The van der Waals surface area contributed by atoms with Gasteiger partial charge in [0.2, 0.25) is 0 Å². The van der Waals surface area contributed by atoms with Crippen molar-refractivity contribution in [3.05, 3.63) is 0 Å². The summed E-state index contributed by atoms with van der Waals surface area (Å²) in [5.74, 6) is -0.644. The highest BCUT2D eigenvalue weighted by molar-refractivity contribution is 5.72. The highest BCUT2D eigenvalue weighted by Crippen LogP contribution is 2.35. The molecule has 0 spiro atoms. The van der Waals surface area contributed by atoms with E-state index in [-0.39, 0.29) is 41.9 Å². The quantitative estimate of drug-likeness (QED) is 0.671. The van der Waals surface area contributed by atoms with Gasteiger partial charge in [0.05, 0.1) is 11.8 Å². The second-order valence-corrected chi connectivity index (χ2v) is 7.31. The average Bonchev–Trinajstić information content (AvgIpc) is 2.34. The van der Waals surface area contributed by atoms with Crippen LogP contribution in [0.15, 0.2) is 0 Å². The summed E-state index contributed by atoms with van der Waals surface area (Å²) in [5, 5.41) is 0. The molecule has 21 heavy (non-hydrogen) atoms. The van der Waals surface area contributed by atoms with E-state index in [1.165, 1.54) is 0 Å². The molecule has 0 aliphatic rings. The van der Waals surface area contributed by atoms with Crippen LogP contribution in [0.3, 0.4) is 0 Å². The molecule has 0 saturated carbocycles. The third-order valence-corrected chi connectivity index (χ3v) is 3.87. The van der Waals surface area contributed by atoms with Crippen LogP contribution in [-0.4, -0.2) is 24.1 Å². The van der Waals surface area contributed by atoms with Crippen molar-refractivity contribution in [2.75, 3.05) is 0 Å². The van der Waals surface area contributed by atoms with E-state index in [4.69, 9.17) is 9.47 Å². The standard InChI is InChI=1S/C17H32O4/c1-10(2)14(21-16(19)12(5)6)17(8,9)13(7)20-15(18)11(3)4/h10-14H,1-9H3. The molecule has 4 nitrogen and oxygen atoms in total. The van der Waals surface area contributed by atoms with Crippen LogP contribution in [0.25, 0.3) is 0 Å². The predicted molar refractivity (Wildman–Crippen MR) is 83.7 cm³/mol. The number of hydrogen-bond acceptors (Lipinski definition) is 4. The topological polar surface area (TPSA) is 52.6 Å². The molecule has 0 saturated heterocycles. The number of ether oxygens (including phenoxy) is 2. The number of carbonyl (C=O) groups excluding carboxylic acids is 2. The van der Waals surface area contributed by atoms with Gasteiger partial charge < -0.3 is 9.47 Å². The highest BCUT2D eigenvalue weighted by Gasteiger charge is 2.42. The Hall–Kier alpha value is -1.06. The molecule has 0 rings (SSSR count). The Kier molecular flexibility index (Phi) is 7.41. The zero-order valence-corrected chi connectivity index (χ0v) is 15.0. The fourth-order valence-electron chi connectivity index (χ4n) is 2.10. The summed E-state index contributed by atoms with van der Waals surface area (Å²) in [7, 11) is 0. The molecule has 0 N–H and O–H groups in total. The number of hydrogen-bond donors (Lipinski definition) is 0. The molecule has 2 atom stereocenters. The molecule has 0 aliphatic carbocycles. The van der Waals surface area contributed by atoms with Crippen molar-refractivity contribution in [3.8, 4) is 0 Å². The maximum Gasteiger partial charge on any atom is 0.308 e. The smallest absolute Gasteiger partial charge is 0.308 e. The molecule has 0 aliphatic heterocycles. The molecule has 0 aromatic carbocycles. The molecule has 4 heteroatoms. The van der Waals surface area contributed by atoms with Gasteiger partial charge in [-0.15, -0.1) is 0 Å². The Morgan fingerprint density at radius 2 is 1.14 bits per heavy atom. The van der Waals surface area contributed by atoms with E-state index < -0.39 is 5.41 Å². The Labute approximate surface area is 129 Å². The Morgan fingerprint density at radius 3 is 1.48 bits per heavy atom. The lowest BCUT2D eigenvalue weighted by molar-refractivity contribution is -0.178. The van der Waals surface area contributed by atoms with Crippen LogP contribution in [0.5, 0.6) is 0 Å². The molecule has 0 aromatic heterocycles. The van der Waals surface area contributed by atoms with Gasteiger partial charge in [0.15, 0.2) is 0 Å². The second-order valence-electron chi connectivity index (χ2n) is 7.31. The van der Waals surface area contributed by atoms with Crippen molar-refractivity contribution in [3.63, 3.8) is 0 Å². The van der Waals surface area contributed by atoms with E-state index in [2.05, 4.69) is 0 Å². The summed E-state index contributed by atoms with van der Waals surface area (Å²) < 4.78 is 11.2. The summed E-state index contributed by atoms with van der Waals surface area (Å²) in [6.45, 7) is 17.1. The molecular weight excluding hydrogens is 268 g/mol. The first-order chi connectivity index (χ1) is 9.41. The minimum absolute atomic E-state index is 0.142. The summed E-state index contributed by atoms with van der Waals surface area (Å²) in [4.78, 5) is 23.7. The number of rotatable bonds is 7. The van der Waals surface area contributed by atoms with Crippen molar-refractivity contribution >= 4 is 11.9 Å². The molecule has 124 valence electrons. The van der Waals surface area contributed by atoms with Gasteiger partial charge in [0, 0.05) is 5.41 Å². The van der Waals surface area contributed by atoms with Gasteiger partial charge in [0.1, 0.15) is 12.2 Å². The van der Waals surface area contributed by atoms with Gasteiger partial charge >= 0.3 is 11.9 Å². The van der Waals surface area contributed by atoms with Crippen molar-refractivity contribution in [1.82, 2.24) is 0 Å². The largest absolute Gasteiger partial charge is 0.462 e. The first-order valence-corrected chi connectivity index (χ1v) is 7.82. The Morgan fingerprint density at radius 1 is 0.762 bits per heavy atom. The van der Waals surface area contributed by atoms with E-state index in [0.717, 1.165) is 0 Å². The maximum absolute atomic E-state index is 11.9. The summed E-state index contributed by atoms with van der Waals surface area (Å²) >= 11 is 0. The monoisotopic (exact) mass is 300 g/mol. The molecule has 0 bridgehead atoms. The van der Waals surface area contributed by atoms with Gasteiger partial charge in [-0.3, -0.25) is 9.59 Å². The Bertz CT molecular complexity index is 356. The minimum Gasteiger partial charge on any atom is -0.462 e. The Balaban J connectivity index is 5.09. The van der Waals surface area contributed by atoms with E-state index in [9.17, 15) is 9.59 Å². The van der Waals surface area contributed by atoms with Gasteiger partial charge in [-0.2, -0.15) is 0 Å². The van der Waals surface area contributed by atoms with Crippen molar-refractivity contribution in [1.29, 1.82) is 0 Å². The number of esters is 2. The van der Waals surface area contributed by atoms with Crippen LogP contribution in [0, 0.1) is 23.2 Å². The van der Waals surface area contributed by atoms with Gasteiger partial charge in [-0.25, -0.2) is 0 Å². The van der Waals surface area contributed by atoms with Crippen LogP contribution in [0.1, 0.15) is 62.3 Å². The first kappa shape index (κ1) is 19.9. The van der Waals surface area contributed by atoms with Crippen LogP contribution in [-0.2, 0) is 19.1 Å². The molecule has 0 fully saturated rings. The van der Waals surface area contributed by atoms with E-state index >= 15 is 0 Å². The minimum atomic E-state index is -0.455. The fourth-order valence-corrected chi connectivity index (χ4v) is 2.10. The van der Waals surface area contributed by atoms with Crippen LogP contribution >= 0.6 is 0 Å². The molecule has 0 radical (unpaired) electrons. The van der Waals surface area contributed by atoms with E-state index in [1.54, 1.807) is 13.8 Å². The molecule has 0 aromatic rings. The molecule has 0 heterocycles. The third kappa shape index (κ3) is 5.68. The lowest BCUT2D eigenvalue weighted by Crippen LogP contribution is -2.47. The number of carbonyl (C=O) groups is 2. The molecule has 0 amide bonds. The van der Waals surface area contributed by atoms with Crippen LogP contribution in [0.4, 0.5) is 0 Å². The normalized spacial score (nSPS) is 15.2. The van der Waals surface area contributed by atoms with Gasteiger partial charge in [-0.05, 0) is 12.8 Å². The zero-order valence-electron chi connectivity index (χ0n) is 15.0. The average molecular weight is 300 g/mol. The summed E-state index contributed by atoms with van der Waals surface area (Å²) in [6.07, 6.45) is -0.637. The van der Waals surface area contributed by atoms with Gasteiger partial charge in [-0.1, -0.05) is 55.4 Å². The lowest BCUT2D eigenvalue weighted by Gasteiger charge is -2.40. The van der Waals surface area contributed by atoms with E-state index in [1.807, 2.05) is 48.5 Å². The summed E-state index contributed by atoms with van der Waals surface area (Å²) in [5.41, 5.74) is -0.455. The summed E-state index contributed by atoms with van der Waals surface area (Å²) in [6, 6.07) is 0. The molecular formula is C17H32O4. The van der Waals surface area contributed by atoms with Crippen LogP contribution in [0.2, 0.25) is 0 Å². The van der Waals surface area contributed by atoms with Crippen LogP contribution < -0.4 is 0 Å².